The number of nitro benzene ring substituents is 1. The molecule has 0 spiro atoms. The van der Waals surface area contributed by atoms with E-state index < -0.39 is 4.92 Å². The maximum Gasteiger partial charge on any atom is 0.269 e. The second-order valence-corrected chi connectivity index (χ2v) is 8.64. The summed E-state index contributed by atoms with van der Waals surface area (Å²) in [7, 11) is 0. The predicted molar refractivity (Wildman–Crippen MR) is 127 cm³/mol. The van der Waals surface area contributed by atoms with Crippen molar-refractivity contribution in [3.8, 4) is 34.5 Å². The Morgan fingerprint density at radius 1 is 1.00 bits per heavy atom. The van der Waals surface area contributed by atoms with Crippen LogP contribution in [0.1, 0.15) is 16.1 Å². The van der Waals surface area contributed by atoms with E-state index in [1.807, 2.05) is 41.8 Å². The highest BCUT2D eigenvalue weighted by atomic mass is 32.2. The fourth-order valence-electron chi connectivity index (χ4n) is 3.19. The minimum atomic E-state index is -0.514. The van der Waals surface area contributed by atoms with Crippen LogP contribution in [0.15, 0.2) is 65.0 Å². The average molecular weight is 471 g/mol. The molecule has 4 rings (SSSR count). The Labute approximate surface area is 197 Å². The first-order valence-corrected chi connectivity index (χ1v) is 11.4. The number of benzene rings is 2. The maximum absolute atomic E-state index is 11.0. The third kappa shape index (κ3) is 4.53. The van der Waals surface area contributed by atoms with Crippen molar-refractivity contribution in [2.75, 3.05) is 5.73 Å². The molecule has 10 heteroatoms. The standard InChI is InChI=1S/C23H14N6O2S2/c24-10-17-21(15-6-8-16(9-7-15)29(30)31)18(11-25)23(28-22(17)26)33-13-20-27-19(12-32-20)14-4-2-1-3-5-14/h1-9,12H,13H2,(H2,26,28). The number of nitrogens with zero attached hydrogens (tertiary/aromatic N) is 5. The number of thiazole rings is 1. The van der Waals surface area contributed by atoms with Gasteiger partial charge in [0.15, 0.2) is 0 Å². The van der Waals surface area contributed by atoms with Gasteiger partial charge in [-0.15, -0.1) is 11.3 Å². The van der Waals surface area contributed by atoms with Gasteiger partial charge in [0, 0.05) is 28.6 Å². The number of hydrogen-bond donors (Lipinski definition) is 1. The number of nitrogen functional groups attached to an aromatic ring is 1. The van der Waals surface area contributed by atoms with Gasteiger partial charge in [-0.05, 0) is 17.7 Å². The molecule has 0 saturated carbocycles. The van der Waals surface area contributed by atoms with Crippen molar-refractivity contribution in [2.45, 2.75) is 10.8 Å². The fraction of sp³-hybridized carbons (Fsp3) is 0.0435. The lowest BCUT2D eigenvalue weighted by Gasteiger charge is -2.12. The van der Waals surface area contributed by atoms with E-state index in [0.717, 1.165) is 16.3 Å². The molecule has 2 heterocycles. The zero-order valence-electron chi connectivity index (χ0n) is 16.9. The highest BCUT2D eigenvalue weighted by Crippen LogP contribution is 2.37. The zero-order chi connectivity index (χ0) is 23.4. The van der Waals surface area contributed by atoms with Gasteiger partial charge in [0.1, 0.15) is 33.6 Å². The quantitative estimate of drug-likeness (QED) is 0.224. The van der Waals surface area contributed by atoms with Crippen molar-refractivity contribution in [3.63, 3.8) is 0 Å². The molecule has 2 aromatic heterocycles. The van der Waals surface area contributed by atoms with Gasteiger partial charge in [-0.25, -0.2) is 9.97 Å². The number of nitriles is 2. The number of anilines is 1. The smallest absolute Gasteiger partial charge is 0.269 e. The Bertz CT molecular complexity index is 1420. The van der Waals surface area contributed by atoms with Gasteiger partial charge in [0.2, 0.25) is 0 Å². The number of pyridine rings is 1. The molecule has 2 aromatic carbocycles. The molecule has 33 heavy (non-hydrogen) atoms. The van der Waals surface area contributed by atoms with Gasteiger partial charge in [0.05, 0.1) is 21.9 Å². The normalized spacial score (nSPS) is 10.4. The zero-order valence-corrected chi connectivity index (χ0v) is 18.6. The first kappa shape index (κ1) is 22.0. The van der Waals surface area contributed by atoms with Crippen molar-refractivity contribution >= 4 is 34.6 Å². The minimum Gasteiger partial charge on any atom is -0.383 e. The molecule has 0 amide bonds. The van der Waals surface area contributed by atoms with Crippen LogP contribution in [-0.2, 0) is 5.75 Å². The van der Waals surface area contributed by atoms with E-state index in [4.69, 9.17) is 5.73 Å². The molecule has 0 radical (unpaired) electrons. The fourth-order valence-corrected chi connectivity index (χ4v) is 5.01. The molecular weight excluding hydrogens is 456 g/mol. The summed E-state index contributed by atoms with van der Waals surface area (Å²) in [6.45, 7) is 0. The Hall–Kier alpha value is -4.25. The Kier molecular flexibility index (Phi) is 6.31. The van der Waals surface area contributed by atoms with Crippen molar-refractivity contribution in [2.24, 2.45) is 0 Å². The average Bonchev–Trinajstić information content (AvgIpc) is 3.32. The van der Waals surface area contributed by atoms with Crippen molar-refractivity contribution in [1.82, 2.24) is 9.97 Å². The molecule has 0 aliphatic rings. The summed E-state index contributed by atoms with van der Waals surface area (Å²) in [6, 6.07) is 19.6. The number of nitro groups is 1. The van der Waals surface area contributed by atoms with Crippen LogP contribution in [0.2, 0.25) is 0 Å². The molecular formula is C23H14N6O2S2. The SMILES string of the molecule is N#Cc1c(N)nc(SCc2nc(-c3ccccc3)cs2)c(C#N)c1-c1ccc([N+](=O)[O-])cc1. The first-order valence-electron chi connectivity index (χ1n) is 9.53. The highest BCUT2D eigenvalue weighted by Gasteiger charge is 2.21. The predicted octanol–water partition coefficient (Wildman–Crippen LogP) is 5.40. The van der Waals surface area contributed by atoms with Crippen molar-refractivity contribution < 1.29 is 4.92 Å². The Morgan fingerprint density at radius 2 is 1.70 bits per heavy atom. The Balaban J connectivity index is 1.68. The van der Waals surface area contributed by atoms with Crippen LogP contribution in [0.5, 0.6) is 0 Å². The van der Waals surface area contributed by atoms with Gasteiger partial charge in [-0.1, -0.05) is 42.1 Å². The molecule has 4 aromatic rings. The van der Waals surface area contributed by atoms with E-state index in [2.05, 4.69) is 16.0 Å². The molecule has 0 saturated heterocycles. The molecule has 0 bridgehead atoms. The second-order valence-electron chi connectivity index (χ2n) is 6.74. The number of hydrogen-bond acceptors (Lipinski definition) is 9. The number of aromatic nitrogens is 2. The molecule has 0 unspecified atom stereocenters. The van der Waals surface area contributed by atoms with E-state index in [1.165, 1.54) is 47.4 Å². The van der Waals surface area contributed by atoms with Crippen LogP contribution in [0, 0.1) is 32.8 Å². The van der Waals surface area contributed by atoms with Crippen LogP contribution in [-0.4, -0.2) is 14.9 Å². The van der Waals surface area contributed by atoms with E-state index in [9.17, 15) is 20.6 Å². The third-order valence-electron chi connectivity index (χ3n) is 4.74. The van der Waals surface area contributed by atoms with Gasteiger partial charge >= 0.3 is 0 Å². The first-order chi connectivity index (χ1) is 16.0. The van der Waals surface area contributed by atoms with Gasteiger partial charge in [0.25, 0.3) is 5.69 Å². The summed E-state index contributed by atoms with van der Waals surface area (Å²) in [4.78, 5) is 19.4. The monoisotopic (exact) mass is 470 g/mol. The maximum atomic E-state index is 11.0. The van der Waals surface area contributed by atoms with Crippen LogP contribution >= 0.6 is 23.1 Å². The van der Waals surface area contributed by atoms with Gasteiger partial charge < -0.3 is 5.73 Å². The number of thioether (sulfide) groups is 1. The van der Waals surface area contributed by atoms with Crippen molar-refractivity contribution in [1.29, 1.82) is 10.5 Å². The highest BCUT2D eigenvalue weighted by molar-refractivity contribution is 7.98. The van der Waals surface area contributed by atoms with Crippen molar-refractivity contribution in [3.05, 3.63) is 86.2 Å². The van der Waals surface area contributed by atoms with Crippen LogP contribution in [0.25, 0.3) is 22.4 Å². The summed E-state index contributed by atoms with van der Waals surface area (Å²) in [6.07, 6.45) is 0. The lowest BCUT2D eigenvalue weighted by atomic mass is 9.97. The van der Waals surface area contributed by atoms with Gasteiger partial charge in [-0.3, -0.25) is 10.1 Å². The molecule has 0 aliphatic heterocycles. The van der Waals surface area contributed by atoms with E-state index in [-0.39, 0.29) is 22.6 Å². The summed E-state index contributed by atoms with van der Waals surface area (Å²) < 4.78 is 0. The number of rotatable bonds is 6. The molecule has 0 atom stereocenters. The van der Waals surface area contributed by atoms with E-state index in [1.54, 1.807) is 0 Å². The van der Waals surface area contributed by atoms with E-state index in [0.29, 0.717) is 21.9 Å². The van der Waals surface area contributed by atoms with Crippen LogP contribution < -0.4 is 5.73 Å². The summed E-state index contributed by atoms with van der Waals surface area (Å²) in [5.41, 5.74) is 8.88. The summed E-state index contributed by atoms with van der Waals surface area (Å²) >= 11 is 2.80. The number of nitrogens with two attached hydrogens (primary N) is 1. The number of non-ortho nitro benzene ring substituents is 1. The lowest BCUT2D eigenvalue weighted by Crippen LogP contribution is -2.03. The lowest BCUT2D eigenvalue weighted by molar-refractivity contribution is -0.384. The second kappa shape index (κ2) is 9.49. The molecule has 160 valence electrons. The molecule has 0 fully saturated rings. The molecule has 0 aliphatic carbocycles. The summed E-state index contributed by atoms with van der Waals surface area (Å²) in [5, 5.41) is 33.7. The molecule has 8 nitrogen and oxygen atoms in total. The molecule has 2 N–H and O–H groups in total. The van der Waals surface area contributed by atoms with Crippen LogP contribution in [0.3, 0.4) is 0 Å². The topological polar surface area (TPSA) is 143 Å². The van der Waals surface area contributed by atoms with Crippen LogP contribution in [0.4, 0.5) is 11.5 Å². The largest absolute Gasteiger partial charge is 0.383 e. The Morgan fingerprint density at radius 3 is 2.33 bits per heavy atom. The summed E-state index contributed by atoms with van der Waals surface area (Å²) in [5.74, 6) is 0.459. The third-order valence-corrected chi connectivity index (χ3v) is 6.75. The van der Waals surface area contributed by atoms with E-state index >= 15 is 0 Å². The minimum absolute atomic E-state index is 0.00327. The van der Waals surface area contributed by atoms with Gasteiger partial charge in [-0.2, -0.15) is 10.5 Å².